The summed E-state index contributed by atoms with van der Waals surface area (Å²) in [4.78, 5) is 16.0. The Bertz CT molecular complexity index is 369. The van der Waals surface area contributed by atoms with Gasteiger partial charge in [0, 0.05) is 25.9 Å². The summed E-state index contributed by atoms with van der Waals surface area (Å²) in [5, 5.41) is 5.75. The Morgan fingerprint density at radius 2 is 2.35 bits per heavy atom. The molecule has 1 amide bonds. The maximum atomic E-state index is 12.0. The first kappa shape index (κ1) is 13.4. The predicted molar refractivity (Wildman–Crippen MR) is 67.2 cm³/mol. The van der Waals surface area contributed by atoms with Crippen molar-refractivity contribution >= 4 is 11.7 Å². The van der Waals surface area contributed by atoms with Crippen LogP contribution in [0.4, 0.5) is 5.82 Å². The minimum absolute atomic E-state index is 0.0210. The van der Waals surface area contributed by atoms with Crippen LogP contribution in [0.2, 0.25) is 0 Å². The molecule has 0 aliphatic heterocycles. The molecule has 0 saturated carbocycles. The average Bonchev–Trinajstić information content (AvgIpc) is 2.36. The van der Waals surface area contributed by atoms with Crippen LogP contribution in [0.5, 0.6) is 0 Å². The van der Waals surface area contributed by atoms with Gasteiger partial charge in [-0.25, -0.2) is 4.98 Å². The van der Waals surface area contributed by atoms with Crippen LogP contribution in [0.1, 0.15) is 24.2 Å². The van der Waals surface area contributed by atoms with Gasteiger partial charge in [0.25, 0.3) is 5.91 Å². The quantitative estimate of drug-likeness (QED) is 0.782. The number of anilines is 1. The highest BCUT2D eigenvalue weighted by Crippen LogP contribution is 2.10. The van der Waals surface area contributed by atoms with Crippen LogP contribution in [-0.2, 0) is 4.74 Å². The summed E-state index contributed by atoms with van der Waals surface area (Å²) in [6.45, 7) is 4.99. The molecule has 1 aromatic heterocycles. The number of rotatable bonds is 6. The van der Waals surface area contributed by atoms with Crippen molar-refractivity contribution in [2.45, 2.75) is 19.9 Å². The lowest BCUT2D eigenvalue weighted by Gasteiger charge is -2.14. The molecule has 1 rings (SSSR count). The summed E-state index contributed by atoms with van der Waals surface area (Å²) < 4.78 is 5.24. The number of nitrogens with zero attached hydrogens (tertiary/aromatic N) is 1. The predicted octanol–water partition coefficient (Wildman–Crippen LogP) is 1.28. The second-order valence-corrected chi connectivity index (χ2v) is 3.68. The number of carbonyl (C=O) groups excluding carboxylic acids is 1. The average molecular weight is 237 g/mol. The Morgan fingerprint density at radius 1 is 1.59 bits per heavy atom. The van der Waals surface area contributed by atoms with Crippen molar-refractivity contribution in [1.82, 2.24) is 10.3 Å². The van der Waals surface area contributed by atoms with Gasteiger partial charge in [-0.3, -0.25) is 4.79 Å². The summed E-state index contributed by atoms with van der Waals surface area (Å²) in [7, 11) is 1.74. The molecular formula is C12H19N3O2. The Hall–Kier alpha value is -1.62. The molecule has 0 saturated heterocycles. The van der Waals surface area contributed by atoms with E-state index >= 15 is 0 Å². The highest BCUT2D eigenvalue weighted by molar-refractivity contribution is 5.98. The topological polar surface area (TPSA) is 63.2 Å². The van der Waals surface area contributed by atoms with Gasteiger partial charge >= 0.3 is 0 Å². The molecular weight excluding hydrogens is 218 g/mol. The first-order valence-electron chi connectivity index (χ1n) is 5.70. The second kappa shape index (κ2) is 6.85. The van der Waals surface area contributed by atoms with Crippen LogP contribution in [0.25, 0.3) is 0 Å². The van der Waals surface area contributed by atoms with Crippen molar-refractivity contribution in [3.63, 3.8) is 0 Å². The van der Waals surface area contributed by atoms with Crippen LogP contribution < -0.4 is 10.6 Å². The molecule has 0 radical (unpaired) electrons. The fourth-order valence-electron chi connectivity index (χ4n) is 1.43. The Kier molecular flexibility index (Phi) is 5.42. The summed E-state index contributed by atoms with van der Waals surface area (Å²) in [5.74, 6) is 0.434. The Labute approximate surface area is 102 Å². The van der Waals surface area contributed by atoms with Crippen LogP contribution in [0.3, 0.4) is 0 Å². The van der Waals surface area contributed by atoms with Gasteiger partial charge in [0.1, 0.15) is 5.82 Å². The van der Waals surface area contributed by atoms with E-state index in [0.717, 1.165) is 0 Å². The number of pyridine rings is 1. The molecule has 1 unspecified atom stereocenters. The van der Waals surface area contributed by atoms with E-state index in [9.17, 15) is 4.79 Å². The van der Waals surface area contributed by atoms with E-state index in [2.05, 4.69) is 15.6 Å². The van der Waals surface area contributed by atoms with Gasteiger partial charge < -0.3 is 15.4 Å². The molecule has 0 aliphatic carbocycles. The minimum atomic E-state index is -0.144. The number of ether oxygens (including phenoxy) is 1. The van der Waals surface area contributed by atoms with E-state index in [0.29, 0.717) is 24.6 Å². The lowest BCUT2D eigenvalue weighted by atomic mass is 10.2. The van der Waals surface area contributed by atoms with Gasteiger partial charge in [0.2, 0.25) is 0 Å². The third-order valence-electron chi connectivity index (χ3n) is 2.24. The lowest BCUT2D eigenvalue weighted by molar-refractivity contribution is 0.0872. The molecule has 0 spiro atoms. The van der Waals surface area contributed by atoms with Gasteiger partial charge in [0.15, 0.2) is 0 Å². The summed E-state index contributed by atoms with van der Waals surface area (Å²) in [5.41, 5.74) is 0.540. The molecule has 1 heterocycles. The smallest absolute Gasteiger partial charge is 0.255 e. The van der Waals surface area contributed by atoms with Crippen molar-refractivity contribution in [1.29, 1.82) is 0 Å². The number of hydrogen-bond acceptors (Lipinski definition) is 4. The normalized spacial score (nSPS) is 11.9. The monoisotopic (exact) mass is 237 g/mol. The summed E-state index contributed by atoms with van der Waals surface area (Å²) in [6.07, 6.45) is 1.65. The van der Waals surface area contributed by atoms with Crippen molar-refractivity contribution in [3.05, 3.63) is 23.9 Å². The Balaban J connectivity index is 2.63. The molecule has 5 nitrogen and oxygen atoms in total. The number of hydrogen-bond donors (Lipinski definition) is 2. The summed E-state index contributed by atoms with van der Waals surface area (Å²) in [6, 6.07) is 3.46. The van der Waals surface area contributed by atoms with Crippen molar-refractivity contribution in [3.8, 4) is 0 Å². The van der Waals surface area contributed by atoms with Gasteiger partial charge in [-0.2, -0.15) is 0 Å². The summed E-state index contributed by atoms with van der Waals surface area (Å²) >= 11 is 0. The number of amides is 1. The number of aromatic nitrogens is 1. The molecule has 94 valence electrons. The van der Waals surface area contributed by atoms with Gasteiger partial charge in [-0.05, 0) is 26.0 Å². The van der Waals surface area contributed by atoms with Crippen molar-refractivity contribution in [2.75, 3.05) is 25.6 Å². The maximum Gasteiger partial charge on any atom is 0.255 e. The van der Waals surface area contributed by atoms with E-state index < -0.39 is 0 Å². The zero-order chi connectivity index (χ0) is 12.7. The first-order valence-corrected chi connectivity index (χ1v) is 5.70. The zero-order valence-corrected chi connectivity index (χ0v) is 10.5. The SMILES string of the molecule is CCOCC(C)NC(=O)c1cccnc1NC. The molecule has 0 aliphatic rings. The highest BCUT2D eigenvalue weighted by atomic mass is 16.5. The fourth-order valence-corrected chi connectivity index (χ4v) is 1.43. The maximum absolute atomic E-state index is 12.0. The molecule has 0 bridgehead atoms. The van der Waals surface area contributed by atoms with Crippen molar-refractivity contribution in [2.24, 2.45) is 0 Å². The van der Waals surface area contributed by atoms with Crippen LogP contribution >= 0.6 is 0 Å². The van der Waals surface area contributed by atoms with E-state index in [1.54, 1.807) is 25.4 Å². The highest BCUT2D eigenvalue weighted by Gasteiger charge is 2.13. The molecule has 5 heteroatoms. The number of nitrogens with one attached hydrogen (secondary N) is 2. The van der Waals surface area contributed by atoms with Crippen molar-refractivity contribution < 1.29 is 9.53 Å². The van der Waals surface area contributed by atoms with Gasteiger partial charge in [-0.1, -0.05) is 0 Å². The van der Waals surface area contributed by atoms with E-state index in [-0.39, 0.29) is 11.9 Å². The first-order chi connectivity index (χ1) is 8.19. The largest absolute Gasteiger partial charge is 0.380 e. The van der Waals surface area contributed by atoms with E-state index in [1.807, 2.05) is 13.8 Å². The van der Waals surface area contributed by atoms with Crippen LogP contribution in [0, 0.1) is 0 Å². The minimum Gasteiger partial charge on any atom is -0.380 e. The third-order valence-corrected chi connectivity index (χ3v) is 2.24. The third kappa shape index (κ3) is 4.03. The molecule has 0 fully saturated rings. The molecule has 2 N–H and O–H groups in total. The molecule has 1 atom stereocenters. The number of carbonyl (C=O) groups is 1. The zero-order valence-electron chi connectivity index (χ0n) is 10.5. The van der Waals surface area contributed by atoms with Crippen LogP contribution in [0.15, 0.2) is 18.3 Å². The van der Waals surface area contributed by atoms with E-state index in [1.165, 1.54) is 0 Å². The molecule has 0 aromatic carbocycles. The second-order valence-electron chi connectivity index (χ2n) is 3.68. The lowest BCUT2D eigenvalue weighted by Crippen LogP contribution is -2.36. The molecule has 17 heavy (non-hydrogen) atoms. The Morgan fingerprint density at radius 3 is 3.00 bits per heavy atom. The van der Waals surface area contributed by atoms with Crippen LogP contribution in [-0.4, -0.2) is 37.2 Å². The van der Waals surface area contributed by atoms with E-state index in [4.69, 9.17) is 4.74 Å². The fraction of sp³-hybridized carbons (Fsp3) is 0.500. The standard InChI is InChI=1S/C12H19N3O2/c1-4-17-8-9(2)15-12(16)10-6-5-7-14-11(10)13-3/h5-7,9H,4,8H2,1-3H3,(H,13,14)(H,15,16). The molecule has 1 aromatic rings. The van der Waals surface area contributed by atoms with Gasteiger partial charge in [0.05, 0.1) is 12.2 Å². The van der Waals surface area contributed by atoms with Gasteiger partial charge in [-0.15, -0.1) is 0 Å².